The van der Waals surface area contributed by atoms with Gasteiger partial charge in [-0.25, -0.2) is 4.98 Å². The largest absolute Gasteiger partial charge is 0.348 e. The molecule has 0 N–H and O–H groups in total. The normalized spacial score (nSPS) is 17.7. The van der Waals surface area contributed by atoms with E-state index in [1.54, 1.807) is 4.57 Å². The summed E-state index contributed by atoms with van der Waals surface area (Å²) in [6, 6.07) is 14.1. The van der Waals surface area contributed by atoms with Crippen LogP contribution in [0.25, 0.3) is 10.2 Å². The first kappa shape index (κ1) is 18.6. The highest BCUT2D eigenvalue weighted by molar-refractivity contribution is 7.20. The van der Waals surface area contributed by atoms with Crippen LogP contribution in [-0.4, -0.2) is 31.5 Å². The van der Waals surface area contributed by atoms with E-state index in [1.807, 2.05) is 36.1 Å². The van der Waals surface area contributed by atoms with E-state index >= 15 is 0 Å². The molecule has 0 aliphatic carbocycles. The van der Waals surface area contributed by atoms with E-state index in [-0.39, 0.29) is 17.5 Å². The van der Waals surface area contributed by atoms with Crippen LogP contribution in [0.3, 0.4) is 0 Å². The molecule has 2 aliphatic heterocycles. The standard InChI is InChI=1S/C24H22N4O2S/c1-15-19-22(25-18-10-6-12-27(18)23(19)29)31-21(15)24(30)28-14-13-26-11-5-9-17(26)20(28)16-7-3-2-4-8-16/h2-5,7-9,11,20H,6,10,12-14H2,1H3. The summed E-state index contributed by atoms with van der Waals surface area (Å²) in [5.74, 6) is 0.821. The fraction of sp³-hybridized carbons (Fsp3) is 0.292. The van der Waals surface area contributed by atoms with Crippen LogP contribution < -0.4 is 5.56 Å². The van der Waals surface area contributed by atoms with Gasteiger partial charge in [0.1, 0.15) is 10.7 Å². The molecule has 0 bridgehead atoms. The van der Waals surface area contributed by atoms with E-state index in [0.29, 0.717) is 21.6 Å². The van der Waals surface area contributed by atoms with Crippen molar-refractivity contribution in [1.82, 2.24) is 19.0 Å². The number of hydrogen-bond acceptors (Lipinski definition) is 4. The van der Waals surface area contributed by atoms with E-state index in [1.165, 1.54) is 11.3 Å². The molecule has 3 aromatic heterocycles. The summed E-state index contributed by atoms with van der Waals surface area (Å²) < 4.78 is 3.99. The first-order valence-electron chi connectivity index (χ1n) is 10.7. The van der Waals surface area contributed by atoms with Crippen molar-refractivity contribution in [3.8, 4) is 0 Å². The van der Waals surface area contributed by atoms with E-state index < -0.39 is 0 Å². The quantitative estimate of drug-likeness (QED) is 0.487. The molecule has 5 heterocycles. The predicted molar refractivity (Wildman–Crippen MR) is 121 cm³/mol. The molecule has 1 atom stereocenters. The average Bonchev–Trinajstić information content (AvgIpc) is 3.52. The third-order valence-corrected chi connectivity index (χ3v) is 7.69. The zero-order valence-electron chi connectivity index (χ0n) is 17.2. The number of nitrogens with zero attached hydrogens (tertiary/aromatic N) is 4. The maximum absolute atomic E-state index is 13.9. The van der Waals surface area contributed by atoms with Crippen LogP contribution in [0.2, 0.25) is 0 Å². The Balaban J connectivity index is 1.48. The number of aromatic nitrogens is 3. The number of benzene rings is 1. The van der Waals surface area contributed by atoms with Crippen molar-refractivity contribution in [3.63, 3.8) is 0 Å². The zero-order chi connectivity index (χ0) is 21.1. The topological polar surface area (TPSA) is 60.1 Å². The van der Waals surface area contributed by atoms with Crippen molar-refractivity contribution in [2.75, 3.05) is 6.54 Å². The molecule has 1 aromatic carbocycles. The van der Waals surface area contributed by atoms with Crippen molar-refractivity contribution >= 4 is 27.5 Å². The molecule has 0 spiro atoms. The zero-order valence-corrected chi connectivity index (χ0v) is 18.1. The Kier molecular flexibility index (Phi) is 4.14. The predicted octanol–water partition coefficient (Wildman–Crippen LogP) is 3.76. The van der Waals surface area contributed by atoms with Gasteiger partial charge < -0.3 is 9.47 Å². The summed E-state index contributed by atoms with van der Waals surface area (Å²) >= 11 is 1.36. The fourth-order valence-corrected chi connectivity index (χ4v) is 6.14. The molecule has 6 rings (SSSR count). The second kappa shape index (κ2) is 6.92. The van der Waals surface area contributed by atoms with Crippen molar-refractivity contribution in [1.29, 1.82) is 0 Å². The molecule has 0 saturated heterocycles. The highest BCUT2D eigenvalue weighted by atomic mass is 32.1. The minimum atomic E-state index is -0.152. The lowest BCUT2D eigenvalue weighted by atomic mass is 9.99. The number of carbonyl (C=O) groups excluding carboxylic acids is 1. The molecule has 0 radical (unpaired) electrons. The number of rotatable bonds is 2. The summed E-state index contributed by atoms with van der Waals surface area (Å²) in [7, 11) is 0. The number of fused-ring (bicyclic) bond motifs is 3. The Bertz CT molecular complexity index is 1380. The molecule has 6 nitrogen and oxygen atoms in total. The Labute approximate surface area is 183 Å². The number of aryl methyl sites for hydroxylation is 2. The minimum absolute atomic E-state index is 0.00238. The molecular formula is C24H22N4O2S. The molecule has 0 fully saturated rings. The minimum Gasteiger partial charge on any atom is -0.348 e. The maximum atomic E-state index is 13.9. The number of amides is 1. The van der Waals surface area contributed by atoms with E-state index in [4.69, 9.17) is 4.98 Å². The van der Waals surface area contributed by atoms with Crippen LogP contribution in [-0.2, 0) is 19.5 Å². The number of thiophene rings is 1. The Morgan fingerprint density at radius 1 is 1.10 bits per heavy atom. The van der Waals surface area contributed by atoms with Gasteiger partial charge in [0.25, 0.3) is 11.5 Å². The first-order chi connectivity index (χ1) is 15.1. The molecule has 31 heavy (non-hydrogen) atoms. The Morgan fingerprint density at radius 3 is 2.77 bits per heavy atom. The fourth-order valence-electron chi connectivity index (χ4n) is 5.00. The molecule has 7 heteroatoms. The van der Waals surface area contributed by atoms with Crippen molar-refractivity contribution < 1.29 is 4.79 Å². The molecule has 156 valence electrons. The van der Waals surface area contributed by atoms with Crippen LogP contribution in [0.5, 0.6) is 0 Å². The van der Waals surface area contributed by atoms with Gasteiger partial charge in [0.05, 0.1) is 16.3 Å². The lowest BCUT2D eigenvalue weighted by Crippen LogP contribution is -2.42. The van der Waals surface area contributed by atoms with Crippen molar-refractivity contribution in [2.45, 2.75) is 38.9 Å². The van der Waals surface area contributed by atoms with Gasteiger partial charge in [-0.2, -0.15) is 0 Å². The van der Waals surface area contributed by atoms with E-state index in [0.717, 1.165) is 48.6 Å². The van der Waals surface area contributed by atoms with Crippen LogP contribution >= 0.6 is 11.3 Å². The Morgan fingerprint density at radius 2 is 1.94 bits per heavy atom. The van der Waals surface area contributed by atoms with Gasteiger partial charge in [0.2, 0.25) is 0 Å². The van der Waals surface area contributed by atoms with E-state index in [9.17, 15) is 9.59 Å². The van der Waals surface area contributed by atoms with Crippen LogP contribution in [0.1, 0.15) is 44.8 Å². The third-order valence-electron chi connectivity index (χ3n) is 6.52. The summed E-state index contributed by atoms with van der Waals surface area (Å²) in [4.78, 5) is 34.9. The molecule has 0 saturated carbocycles. The van der Waals surface area contributed by atoms with E-state index in [2.05, 4.69) is 29.0 Å². The summed E-state index contributed by atoms with van der Waals surface area (Å²) in [5.41, 5.74) is 2.96. The molecular weight excluding hydrogens is 408 g/mol. The lowest BCUT2D eigenvalue weighted by Gasteiger charge is -2.37. The number of carbonyl (C=O) groups is 1. The second-order valence-corrected chi connectivity index (χ2v) is 9.26. The van der Waals surface area contributed by atoms with Crippen LogP contribution in [0.4, 0.5) is 0 Å². The third kappa shape index (κ3) is 2.73. The van der Waals surface area contributed by atoms with Gasteiger partial charge >= 0.3 is 0 Å². The highest BCUT2D eigenvalue weighted by Gasteiger charge is 2.34. The van der Waals surface area contributed by atoms with Crippen molar-refractivity contribution in [3.05, 3.63) is 86.5 Å². The van der Waals surface area contributed by atoms with Crippen LogP contribution in [0, 0.1) is 6.92 Å². The molecule has 1 amide bonds. The van der Waals surface area contributed by atoms with Gasteiger partial charge in [-0.1, -0.05) is 30.3 Å². The van der Waals surface area contributed by atoms with Crippen molar-refractivity contribution in [2.24, 2.45) is 0 Å². The number of hydrogen-bond donors (Lipinski definition) is 0. The van der Waals surface area contributed by atoms with Gasteiger partial charge in [-0.3, -0.25) is 14.2 Å². The van der Waals surface area contributed by atoms with Gasteiger partial charge in [0.15, 0.2) is 0 Å². The SMILES string of the molecule is Cc1c(C(=O)N2CCn3cccc3C2c2ccccc2)sc2nc3n(c(=O)c12)CCC3. The lowest BCUT2D eigenvalue weighted by molar-refractivity contribution is 0.0668. The highest BCUT2D eigenvalue weighted by Crippen LogP contribution is 2.36. The smallest absolute Gasteiger partial charge is 0.265 e. The van der Waals surface area contributed by atoms with Gasteiger partial charge in [-0.05, 0) is 36.6 Å². The molecule has 4 aromatic rings. The second-order valence-electron chi connectivity index (χ2n) is 8.26. The first-order valence-corrected chi connectivity index (χ1v) is 11.5. The Hall–Kier alpha value is -3.19. The average molecular weight is 431 g/mol. The van der Waals surface area contributed by atoms with Gasteiger partial charge in [-0.15, -0.1) is 11.3 Å². The maximum Gasteiger partial charge on any atom is 0.265 e. The van der Waals surface area contributed by atoms with Gasteiger partial charge in [0, 0.05) is 37.9 Å². The summed E-state index contributed by atoms with van der Waals surface area (Å²) in [5, 5.41) is 0.607. The summed E-state index contributed by atoms with van der Waals surface area (Å²) in [6.07, 6.45) is 3.85. The monoisotopic (exact) mass is 430 g/mol. The molecule has 2 aliphatic rings. The van der Waals surface area contributed by atoms with Crippen LogP contribution in [0.15, 0.2) is 53.5 Å². The molecule has 1 unspecified atom stereocenters. The summed E-state index contributed by atoms with van der Waals surface area (Å²) in [6.45, 7) is 3.99.